The summed E-state index contributed by atoms with van der Waals surface area (Å²) < 4.78 is 0. The van der Waals surface area contributed by atoms with Crippen LogP contribution in [0, 0.1) is 0 Å². The van der Waals surface area contributed by atoms with Crippen LogP contribution in [-0.2, 0) is 0 Å². The van der Waals surface area contributed by atoms with Crippen molar-refractivity contribution in [3.63, 3.8) is 0 Å². The first kappa shape index (κ1) is 7.92. The lowest BCUT2D eigenvalue weighted by molar-refractivity contribution is 0.417. The third-order valence-electron chi connectivity index (χ3n) is 0.695. The molecule has 3 heteroatoms. The monoisotopic (exact) mass is 150 g/mol. The molecule has 0 aliphatic carbocycles. The number of allylic oxidation sites excluding steroid dienone is 2. The molecule has 0 unspecified atom stereocenters. The first-order valence-corrected chi connectivity index (χ1v) is 3.11. The first-order chi connectivity index (χ1) is 3.39. The summed E-state index contributed by atoms with van der Waals surface area (Å²) in [5.74, 6) is 1.20. The van der Waals surface area contributed by atoms with Crippen LogP contribution in [0.1, 0.15) is 0 Å². The van der Waals surface area contributed by atoms with E-state index in [1.54, 1.807) is 17.8 Å². The molecule has 0 aromatic heterocycles. The van der Waals surface area contributed by atoms with Gasteiger partial charge in [-0.15, -0.1) is 24.2 Å². The van der Waals surface area contributed by atoms with Crippen molar-refractivity contribution in [3.05, 3.63) is 23.3 Å². The lowest BCUT2D eigenvalue weighted by atomic mass is 10.5. The van der Waals surface area contributed by atoms with Crippen LogP contribution in [0.15, 0.2) is 23.3 Å². The third-order valence-corrected chi connectivity index (χ3v) is 1.51. The van der Waals surface area contributed by atoms with Gasteiger partial charge in [-0.25, -0.2) is 0 Å². The predicted molar refractivity (Wildman–Crippen MR) is 39.6 cm³/mol. The van der Waals surface area contributed by atoms with E-state index in [-0.39, 0.29) is 12.4 Å². The molecule has 0 radical (unpaired) electrons. The van der Waals surface area contributed by atoms with E-state index < -0.39 is 0 Å². The minimum absolute atomic E-state index is 0. The Labute approximate surface area is 58.9 Å². The number of aliphatic hydroxyl groups excluding tert-OH is 1. The smallest absolute Gasteiger partial charge is 0.102 e. The average molecular weight is 151 g/mol. The summed E-state index contributed by atoms with van der Waals surface area (Å²) in [6, 6.07) is 0. The van der Waals surface area contributed by atoms with E-state index in [1.807, 2.05) is 11.5 Å². The maximum absolute atomic E-state index is 8.70. The normalized spacial score (nSPS) is 16.8. The molecule has 0 atom stereocenters. The van der Waals surface area contributed by atoms with Crippen molar-refractivity contribution in [2.45, 2.75) is 0 Å². The van der Waals surface area contributed by atoms with Crippen molar-refractivity contribution in [2.75, 3.05) is 5.75 Å². The summed E-state index contributed by atoms with van der Waals surface area (Å²) in [6.45, 7) is 0. The fraction of sp³-hybridized carbons (Fsp3) is 0.200. The summed E-state index contributed by atoms with van der Waals surface area (Å²) >= 11 is 1.60. The van der Waals surface area contributed by atoms with Crippen LogP contribution in [-0.4, -0.2) is 10.9 Å². The highest BCUT2D eigenvalue weighted by Gasteiger charge is 1.91. The van der Waals surface area contributed by atoms with Gasteiger partial charge in [-0.1, -0.05) is 6.08 Å². The van der Waals surface area contributed by atoms with Gasteiger partial charge in [0.05, 0.1) is 5.75 Å². The van der Waals surface area contributed by atoms with Crippen LogP contribution >= 0.6 is 24.2 Å². The van der Waals surface area contributed by atoms with Gasteiger partial charge in [-0.3, -0.25) is 0 Å². The molecule has 0 aromatic rings. The van der Waals surface area contributed by atoms with Gasteiger partial charge in [0.2, 0.25) is 0 Å². The van der Waals surface area contributed by atoms with E-state index in [9.17, 15) is 0 Å². The molecule has 0 fully saturated rings. The zero-order chi connectivity index (χ0) is 5.11. The van der Waals surface area contributed by atoms with Crippen molar-refractivity contribution < 1.29 is 5.11 Å². The zero-order valence-corrected chi connectivity index (χ0v) is 5.84. The van der Waals surface area contributed by atoms with Crippen molar-refractivity contribution in [1.82, 2.24) is 0 Å². The molecule has 0 bridgehead atoms. The Bertz CT molecular complexity index is 120. The lowest BCUT2D eigenvalue weighted by Gasteiger charge is -1.97. The van der Waals surface area contributed by atoms with Crippen molar-refractivity contribution in [3.8, 4) is 0 Å². The predicted octanol–water partition coefficient (Wildman–Crippen LogP) is 2.11. The maximum Gasteiger partial charge on any atom is 0.102 e. The number of aliphatic hydroxyl groups is 1. The molecule has 8 heavy (non-hydrogen) atoms. The Morgan fingerprint density at radius 2 is 2.38 bits per heavy atom. The number of rotatable bonds is 0. The van der Waals surface area contributed by atoms with Gasteiger partial charge in [-0.05, 0) is 11.5 Å². The van der Waals surface area contributed by atoms with E-state index in [4.69, 9.17) is 5.11 Å². The largest absolute Gasteiger partial charge is 0.511 e. The second-order valence-electron chi connectivity index (χ2n) is 1.30. The Morgan fingerprint density at radius 3 is 2.62 bits per heavy atom. The van der Waals surface area contributed by atoms with Crippen LogP contribution in [0.4, 0.5) is 0 Å². The minimum Gasteiger partial charge on any atom is -0.511 e. The number of hydrogen-bond acceptors (Lipinski definition) is 2. The van der Waals surface area contributed by atoms with Gasteiger partial charge in [0, 0.05) is 0 Å². The highest BCUT2D eigenvalue weighted by Crippen LogP contribution is 2.11. The Hall–Kier alpha value is -0.0800. The Kier molecular flexibility index (Phi) is 3.83. The second-order valence-corrected chi connectivity index (χ2v) is 2.19. The zero-order valence-electron chi connectivity index (χ0n) is 4.20. The summed E-state index contributed by atoms with van der Waals surface area (Å²) in [7, 11) is 0. The first-order valence-electron chi connectivity index (χ1n) is 2.06. The topological polar surface area (TPSA) is 20.2 Å². The summed E-state index contributed by atoms with van der Waals surface area (Å²) in [4.78, 5) is 0. The molecule has 0 saturated carbocycles. The molecular weight excluding hydrogens is 144 g/mol. The van der Waals surface area contributed by atoms with E-state index in [1.165, 1.54) is 0 Å². The van der Waals surface area contributed by atoms with Gasteiger partial charge in [0.1, 0.15) is 5.76 Å². The van der Waals surface area contributed by atoms with Crippen molar-refractivity contribution in [2.24, 2.45) is 0 Å². The summed E-state index contributed by atoms with van der Waals surface area (Å²) in [5, 5.41) is 10.7. The molecule has 1 heterocycles. The maximum atomic E-state index is 8.70. The molecular formula is C5H7ClOS. The second kappa shape index (κ2) is 3.87. The molecule has 0 spiro atoms. The number of thioether (sulfide) groups is 1. The van der Waals surface area contributed by atoms with E-state index >= 15 is 0 Å². The number of hydrogen-bond donors (Lipinski definition) is 1. The van der Waals surface area contributed by atoms with Crippen LogP contribution in [0.3, 0.4) is 0 Å². The van der Waals surface area contributed by atoms with Crippen molar-refractivity contribution in [1.29, 1.82) is 0 Å². The van der Waals surface area contributed by atoms with Crippen LogP contribution < -0.4 is 0 Å². The quantitative estimate of drug-likeness (QED) is 0.571. The van der Waals surface area contributed by atoms with Crippen LogP contribution in [0.25, 0.3) is 0 Å². The van der Waals surface area contributed by atoms with Gasteiger partial charge in [0.15, 0.2) is 0 Å². The highest BCUT2D eigenvalue weighted by molar-refractivity contribution is 8.02. The fourth-order valence-corrected chi connectivity index (χ4v) is 0.940. The molecule has 0 saturated heterocycles. The molecule has 0 amide bonds. The molecule has 46 valence electrons. The molecule has 1 nitrogen and oxygen atoms in total. The molecule has 1 rings (SSSR count). The SMILES string of the molecule is Cl.OC1=CC=CSC1. The summed E-state index contributed by atoms with van der Waals surface area (Å²) in [6.07, 6.45) is 3.54. The standard InChI is InChI=1S/C5H6OS.ClH/c6-5-2-1-3-7-4-5;/h1-3,6H,4H2;1H. The molecule has 1 N–H and O–H groups in total. The van der Waals surface area contributed by atoms with Gasteiger partial charge < -0.3 is 5.11 Å². The number of halogens is 1. The highest BCUT2D eigenvalue weighted by atomic mass is 35.5. The fourth-order valence-electron chi connectivity index (χ4n) is 0.388. The van der Waals surface area contributed by atoms with E-state index in [0.717, 1.165) is 5.75 Å². The van der Waals surface area contributed by atoms with Gasteiger partial charge in [0.25, 0.3) is 0 Å². The van der Waals surface area contributed by atoms with Gasteiger partial charge >= 0.3 is 0 Å². The van der Waals surface area contributed by atoms with Crippen molar-refractivity contribution >= 4 is 24.2 Å². The molecule has 1 aliphatic heterocycles. The van der Waals surface area contributed by atoms with E-state index in [2.05, 4.69) is 0 Å². The average Bonchev–Trinajstić information content (AvgIpc) is 1.69. The van der Waals surface area contributed by atoms with Crippen LogP contribution in [0.2, 0.25) is 0 Å². The lowest BCUT2D eigenvalue weighted by Crippen LogP contribution is -1.84. The Morgan fingerprint density at radius 1 is 1.62 bits per heavy atom. The summed E-state index contributed by atoms with van der Waals surface area (Å²) in [5.41, 5.74) is 0. The minimum atomic E-state index is 0. The van der Waals surface area contributed by atoms with Crippen LogP contribution in [0.5, 0.6) is 0 Å². The molecule has 0 aromatic carbocycles. The Balaban J connectivity index is 0.000000490. The third kappa shape index (κ3) is 2.28. The molecule has 1 aliphatic rings. The van der Waals surface area contributed by atoms with Gasteiger partial charge in [-0.2, -0.15) is 0 Å². The van der Waals surface area contributed by atoms with E-state index in [0.29, 0.717) is 5.76 Å².